The van der Waals surface area contributed by atoms with E-state index in [4.69, 9.17) is 14.2 Å². The molecule has 0 bridgehead atoms. The van der Waals surface area contributed by atoms with Gasteiger partial charge in [-0.05, 0) is 29.8 Å². The van der Waals surface area contributed by atoms with Crippen molar-refractivity contribution >= 4 is 17.1 Å². The van der Waals surface area contributed by atoms with Crippen molar-refractivity contribution < 1.29 is 14.2 Å². The SMILES string of the molecule is COc1cc(CNc2nc3cccnc3n2C)cc(OC)c1OC. The molecule has 7 nitrogen and oxygen atoms in total. The smallest absolute Gasteiger partial charge is 0.205 e. The Balaban J connectivity index is 1.87. The molecule has 0 atom stereocenters. The molecule has 0 fully saturated rings. The van der Waals surface area contributed by atoms with Crippen molar-refractivity contribution in [3.05, 3.63) is 36.0 Å². The van der Waals surface area contributed by atoms with Crippen molar-refractivity contribution in [3.8, 4) is 17.2 Å². The molecule has 3 rings (SSSR count). The third-order valence-electron chi connectivity index (χ3n) is 3.80. The average molecular weight is 328 g/mol. The first-order valence-electron chi connectivity index (χ1n) is 7.48. The fourth-order valence-corrected chi connectivity index (χ4v) is 2.60. The van der Waals surface area contributed by atoms with E-state index in [9.17, 15) is 0 Å². The summed E-state index contributed by atoms with van der Waals surface area (Å²) in [5.74, 6) is 2.58. The molecule has 126 valence electrons. The summed E-state index contributed by atoms with van der Waals surface area (Å²) in [6.07, 6.45) is 1.76. The number of nitrogens with zero attached hydrogens (tertiary/aromatic N) is 3. The molecule has 1 N–H and O–H groups in total. The number of anilines is 1. The van der Waals surface area contributed by atoms with Crippen LogP contribution in [0, 0.1) is 0 Å². The van der Waals surface area contributed by atoms with Gasteiger partial charge in [0, 0.05) is 19.8 Å². The van der Waals surface area contributed by atoms with Crippen LogP contribution in [0.2, 0.25) is 0 Å². The number of rotatable bonds is 6. The number of hydrogen-bond donors (Lipinski definition) is 1. The lowest BCUT2D eigenvalue weighted by molar-refractivity contribution is 0.324. The summed E-state index contributed by atoms with van der Waals surface area (Å²) >= 11 is 0. The lowest BCUT2D eigenvalue weighted by atomic mass is 10.2. The number of imidazole rings is 1. The molecule has 0 unspecified atom stereocenters. The van der Waals surface area contributed by atoms with Gasteiger partial charge in [-0.1, -0.05) is 0 Å². The molecule has 0 aliphatic heterocycles. The largest absolute Gasteiger partial charge is 0.493 e. The molecule has 0 aliphatic rings. The lowest BCUT2D eigenvalue weighted by Crippen LogP contribution is -2.06. The van der Waals surface area contributed by atoms with Gasteiger partial charge in [0.05, 0.1) is 21.3 Å². The zero-order chi connectivity index (χ0) is 17.1. The van der Waals surface area contributed by atoms with Crippen molar-refractivity contribution in [2.45, 2.75) is 6.54 Å². The molecule has 0 saturated heterocycles. The van der Waals surface area contributed by atoms with Crippen molar-refractivity contribution in [3.63, 3.8) is 0 Å². The minimum absolute atomic E-state index is 0.563. The van der Waals surface area contributed by atoms with E-state index in [0.717, 1.165) is 22.7 Å². The molecular weight excluding hydrogens is 308 g/mol. The van der Waals surface area contributed by atoms with Crippen LogP contribution in [0.5, 0.6) is 17.2 Å². The molecular formula is C17H20N4O3. The highest BCUT2D eigenvalue weighted by atomic mass is 16.5. The molecule has 0 amide bonds. The highest BCUT2D eigenvalue weighted by Crippen LogP contribution is 2.38. The predicted octanol–water partition coefficient (Wildman–Crippen LogP) is 2.61. The topological polar surface area (TPSA) is 70.4 Å². The van der Waals surface area contributed by atoms with E-state index in [1.165, 1.54) is 0 Å². The Morgan fingerprint density at radius 2 is 1.79 bits per heavy atom. The van der Waals surface area contributed by atoms with E-state index in [1.807, 2.05) is 35.9 Å². The van der Waals surface area contributed by atoms with Crippen molar-refractivity contribution in [2.75, 3.05) is 26.6 Å². The number of aromatic nitrogens is 3. The first-order valence-corrected chi connectivity index (χ1v) is 7.48. The molecule has 0 spiro atoms. The second-order valence-corrected chi connectivity index (χ2v) is 5.23. The standard InChI is InChI=1S/C17H20N4O3/c1-21-16-12(6-5-7-18-16)20-17(21)19-10-11-8-13(22-2)15(24-4)14(9-11)23-3/h5-9H,10H2,1-4H3,(H,19,20). The maximum atomic E-state index is 5.38. The molecule has 0 saturated carbocycles. The van der Waals surface area contributed by atoms with Gasteiger partial charge in [0.2, 0.25) is 11.7 Å². The minimum atomic E-state index is 0.563. The van der Waals surface area contributed by atoms with Crippen LogP contribution in [0.4, 0.5) is 5.95 Å². The van der Waals surface area contributed by atoms with E-state index in [2.05, 4.69) is 15.3 Å². The molecule has 7 heteroatoms. The van der Waals surface area contributed by atoms with Gasteiger partial charge in [-0.3, -0.25) is 4.57 Å². The van der Waals surface area contributed by atoms with Gasteiger partial charge in [-0.25, -0.2) is 9.97 Å². The monoisotopic (exact) mass is 328 g/mol. The first-order chi connectivity index (χ1) is 11.7. The number of methoxy groups -OCH3 is 3. The summed E-state index contributed by atoms with van der Waals surface area (Å²) in [6.45, 7) is 0.563. The summed E-state index contributed by atoms with van der Waals surface area (Å²) in [7, 11) is 6.72. The van der Waals surface area contributed by atoms with Crippen LogP contribution in [-0.2, 0) is 13.6 Å². The molecule has 2 aromatic heterocycles. The van der Waals surface area contributed by atoms with Crippen LogP contribution in [0.3, 0.4) is 0 Å². The van der Waals surface area contributed by atoms with Gasteiger partial charge in [0.1, 0.15) is 5.52 Å². The number of hydrogen-bond acceptors (Lipinski definition) is 6. The molecule has 0 radical (unpaired) electrons. The van der Waals surface area contributed by atoms with E-state index in [-0.39, 0.29) is 0 Å². The summed E-state index contributed by atoms with van der Waals surface area (Å²) in [6, 6.07) is 7.63. The molecule has 24 heavy (non-hydrogen) atoms. The number of ether oxygens (including phenoxy) is 3. The highest BCUT2D eigenvalue weighted by Gasteiger charge is 2.14. The predicted molar refractivity (Wildman–Crippen MR) is 91.9 cm³/mol. The zero-order valence-corrected chi connectivity index (χ0v) is 14.2. The number of pyridine rings is 1. The third kappa shape index (κ3) is 2.80. The summed E-state index contributed by atoms with van der Waals surface area (Å²) in [4.78, 5) is 8.89. The van der Waals surface area contributed by atoms with Gasteiger partial charge < -0.3 is 19.5 Å². The summed E-state index contributed by atoms with van der Waals surface area (Å²) in [5, 5.41) is 3.32. The second-order valence-electron chi connectivity index (χ2n) is 5.23. The lowest BCUT2D eigenvalue weighted by Gasteiger charge is -2.14. The molecule has 3 aromatic rings. The Morgan fingerprint density at radius 3 is 2.38 bits per heavy atom. The van der Waals surface area contributed by atoms with Gasteiger partial charge in [-0.15, -0.1) is 0 Å². The fourth-order valence-electron chi connectivity index (χ4n) is 2.60. The quantitative estimate of drug-likeness (QED) is 0.750. The molecule has 1 aromatic carbocycles. The van der Waals surface area contributed by atoms with Crippen LogP contribution < -0.4 is 19.5 Å². The van der Waals surface area contributed by atoms with Crippen molar-refractivity contribution in [2.24, 2.45) is 7.05 Å². The highest BCUT2D eigenvalue weighted by molar-refractivity contribution is 5.74. The van der Waals surface area contributed by atoms with Crippen molar-refractivity contribution in [1.82, 2.24) is 14.5 Å². The number of fused-ring (bicyclic) bond motifs is 1. The second kappa shape index (κ2) is 6.66. The number of nitrogens with one attached hydrogen (secondary N) is 1. The van der Waals surface area contributed by atoms with E-state index in [0.29, 0.717) is 23.8 Å². The van der Waals surface area contributed by atoms with Crippen LogP contribution in [0.25, 0.3) is 11.2 Å². The normalized spacial score (nSPS) is 10.7. The average Bonchev–Trinajstić information content (AvgIpc) is 2.95. The van der Waals surface area contributed by atoms with Gasteiger partial charge in [0.25, 0.3) is 0 Å². The van der Waals surface area contributed by atoms with E-state index < -0.39 is 0 Å². The van der Waals surface area contributed by atoms with Crippen LogP contribution in [-0.4, -0.2) is 35.9 Å². The Labute approximate surface area is 140 Å². The first kappa shape index (κ1) is 15.9. The zero-order valence-electron chi connectivity index (χ0n) is 14.2. The molecule has 0 aliphatic carbocycles. The fraction of sp³-hybridized carbons (Fsp3) is 0.294. The van der Waals surface area contributed by atoms with Crippen LogP contribution in [0.1, 0.15) is 5.56 Å². The van der Waals surface area contributed by atoms with Gasteiger partial charge in [-0.2, -0.15) is 0 Å². The Hall–Kier alpha value is -2.96. The summed E-state index contributed by atoms with van der Waals surface area (Å²) < 4.78 is 18.0. The minimum Gasteiger partial charge on any atom is -0.493 e. The Kier molecular flexibility index (Phi) is 4.41. The molecule has 2 heterocycles. The Bertz CT molecular complexity index is 835. The maximum Gasteiger partial charge on any atom is 0.205 e. The third-order valence-corrected chi connectivity index (χ3v) is 3.80. The number of benzene rings is 1. The van der Waals surface area contributed by atoms with E-state index in [1.54, 1.807) is 27.5 Å². The van der Waals surface area contributed by atoms with Gasteiger partial charge in [0.15, 0.2) is 17.1 Å². The summed E-state index contributed by atoms with van der Waals surface area (Å²) in [5.41, 5.74) is 2.68. The van der Waals surface area contributed by atoms with Crippen LogP contribution in [0.15, 0.2) is 30.5 Å². The maximum absolute atomic E-state index is 5.38. The van der Waals surface area contributed by atoms with Crippen molar-refractivity contribution in [1.29, 1.82) is 0 Å². The Morgan fingerprint density at radius 1 is 1.08 bits per heavy atom. The number of aryl methyl sites for hydroxylation is 1. The van der Waals surface area contributed by atoms with E-state index >= 15 is 0 Å². The van der Waals surface area contributed by atoms with Gasteiger partial charge >= 0.3 is 0 Å². The van der Waals surface area contributed by atoms with Crippen LogP contribution >= 0.6 is 0 Å².